The van der Waals surface area contributed by atoms with Crippen molar-refractivity contribution in [2.75, 3.05) is 19.1 Å². The van der Waals surface area contributed by atoms with Gasteiger partial charge in [0, 0.05) is 28.8 Å². The van der Waals surface area contributed by atoms with E-state index < -0.39 is 9.73 Å². The van der Waals surface area contributed by atoms with E-state index in [1.165, 1.54) is 32.1 Å². The molecule has 0 aromatic heterocycles. The Morgan fingerprint density at radius 2 is 1.92 bits per heavy atom. The van der Waals surface area contributed by atoms with Gasteiger partial charge in [-0.05, 0) is 18.8 Å². The zero-order chi connectivity index (χ0) is 9.03. The summed E-state index contributed by atoms with van der Waals surface area (Å²) in [6.45, 7) is 0. The molecule has 0 aromatic carbocycles. The molecule has 0 heterocycles. The average molecular weight is 189 g/mol. The SMILES string of the molecule is CN=S(C)(=O)CC1CCCCC1. The summed E-state index contributed by atoms with van der Waals surface area (Å²) in [6, 6.07) is 0. The Morgan fingerprint density at radius 1 is 1.33 bits per heavy atom. The molecule has 1 unspecified atom stereocenters. The van der Waals surface area contributed by atoms with Gasteiger partial charge in [0.25, 0.3) is 0 Å². The predicted molar refractivity (Wildman–Crippen MR) is 53.9 cm³/mol. The van der Waals surface area contributed by atoms with Crippen LogP contribution in [0.2, 0.25) is 0 Å². The first-order valence-electron chi connectivity index (χ1n) is 4.72. The van der Waals surface area contributed by atoms with Gasteiger partial charge in [0.1, 0.15) is 0 Å². The van der Waals surface area contributed by atoms with Crippen LogP contribution in [0.4, 0.5) is 0 Å². The highest BCUT2D eigenvalue weighted by Gasteiger charge is 2.16. The zero-order valence-corrected chi connectivity index (χ0v) is 8.90. The highest BCUT2D eigenvalue weighted by molar-refractivity contribution is 7.92. The molecule has 1 fully saturated rings. The third-order valence-corrected chi connectivity index (χ3v) is 4.52. The first kappa shape index (κ1) is 10.0. The molecule has 1 rings (SSSR count). The third kappa shape index (κ3) is 3.13. The molecule has 12 heavy (non-hydrogen) atoms. The Balaban J connectivity index is 2.45. The van der Waals surface area contributed by atoms with Crippen LogP contribution in [0.1, 0.15) is 32.1 Å². The Labute approximate surface area is 75.9 Å². The fraction of sp³-hybridized carbons (Fsp3) is 1.00. The Bertz CT molecular complexity index is 235. The summed E-state index contributed by atoms with van der Waals surface area (Å²) in [7, 11) is -0.172. The number of nitrogens with zero attached hydrogens (tertiary/aromatic N) is 1. The Kier molecular flexibility index (Phi) is 3.56. The second-order valence-electron chi connectivity index (χ2n) is 3.81. The van der Waals surface area contributed by atoms with Crippen molar-refractivity contribution >= 4 is 9.73 Å². The summed E-state index contributed by atoms with van der Waals surface area (Å²) in [4.78, 5) is 0. The van der Waals surface area contributed by atoms with E-state index in [4.69, 9.17) is 0 Å². The van der Waals surface area contributed by atoms with Crippen LogP contribution in [-0.4, -0.2) is 23.3 Å². The number of rotatable bonds is 2. The van der Waals surface area contributed by atoms with E-state index in [1.807, 2.05) is 0 Å². The maximum atomic E-state index is 11.7. The first-order chi connectivity index (χ1) is 5.64. The van der Waals surface area contributed by atoms with Gasteiger partial charge in [0.05, 0.1) is 0 Å². The van der Waals surface area contributed by atoms with Crippen LogP contribution in [0.3, 0.4) is 0 Å². The molecular formula is C9H19NOS. The predicted octanol–water partition coefficient (Wildman–Crippen LogP) is 2.29. The van der Waals surface area contributed by atoms with Gasteiger partial charge in [0.15, 0.2) is 0 Å². The molecule has 72 valence electrons. The molecule has 0 aromatic rings. The lowest BCUT2D eigenvalue weighted by Gasteiger charge is -2.21. The monoisotopic (exact) mass is 189 g/mol. The van der Waals surface area contributed by atoms with E-state index in [1.54, 1.807) is 13.3 Å². The molecular weight excluding hydrogens is 170 g/mol. The number of hydrogen-bond acceptors (Lipinski definition) is 2. The normalized spacial score (nSPS) is 24.8. The van der Waals surface area contributed by atoms with Crippen molar-refractivity contribution in [2.45, 2.75) is 32.1 Å². The fourth-order valence-corrected chi connectivity index (χ4v) is 3.22. The van der Waals surface area contributed by atoms with Crippen molar-refractivity contribution < 1.29 is 4.21 Å². The van der Waals surface area contributed by atoms with Crippen LogP contribution in [0.15, 0.2) is 4.36 Å². The smallest absolute Gasteiger partial charge is 0.0438 e. The van der Waals surface area contributed by atoms with E-state index in [-0.39, 0.29) is 0 Å². The molecule has 0 radical (unpaired) electrons. The third-order valence-electron chi connectivity index (χ3n) is 2.66. The lowest BCUT2D eigenvalue weighted by molar-refractivity contribution is 0.388. The minimum atomic E-state index is -1.84. The molecule has 0 saturated heterocycles. The standard InChI is InChI=1S/C9H19NOS/c1-10-12(2,11)8-9-6-4-3-5-7-9/h9H,3-8H2,1-2H3. The minimum absolute atomic E-state index is 0.681. The van der Waals surface area contributed by atoms with Crippen molar-refractivity contribution in [1.82, 2.24) is 0 Å². The summed E-state index contributed by atoms with van der Waals surface area (Å²) in [5.74, 6) is 1.50. The van der Waals surface area contributed by atoms with Gasteiger partial charge in [-0.25, -0.2) is 4.36 Å². The van der Waals surface area contributed by atoms with Crippen molar-refractivity contribution in [3.05, 3.63) is 0 Å². The van der Waals surface area contributed by atoms with Gasteiger partial charge in [-0.1, -0.05) is 19.3 Å². The molecule has 1 aliphatic carbocycles. The maximum absolute atomic E-state index is 11.7. The first-order valence-corrected chi connectivity index (χ1v) is 6.81. The maximum Gasteiger partial charge on any atom is 0.0438 e. The van der Waals surface area contributed by atoms with Gasteiger partial charge in [0.2, 0.25) is 0 Å². The van der Waals surface area contributed by atoms with Crippen molar-refractivity contribution in [3.63, 3.8) is 0 Å². The molecule has 3 heteroatoms. The molecule has 1 atom stereocenters. The lowest BCUT2D eigenvalue weighted by atomic mass is 9.91. The summed E-state index contributed by atoms with van der Waals surface area (Å²) in [5, 5.41) is 0. The largest absolute Gasteiger partial charge is 0.250 e. The Morgan fingerprint density at radius 3 is 2.42 bits per heavy atom. The van der Waals surface area contributed by atoms with E-state index in [0.717, 1.165) is 5.75 Å². The molecule has 0 aliphatic heterocycles. The second-order valence-corrected chi connectivity index (χ2v) is 6.43. The minimum Gasteiger partial charge on any atom is -0.250 e. The summed E-state index contributed by atoms with van der Waals surface area (Å²) >= 11 is 0. The van der Waals surface area contributed by atoms with Crippen LogP contribution in [-0.2, 0) is 9.73 Å². The topological polar surface area (TPSA) is 29.4 Å². The summed E-state index contributed by atoms with van der Waals surface area (Å²) < 4.78 is 15.6. The average Bonchev–Trinajstić information content (AvgIpc) is 2.06. The molecule has 0 spiro atoms. The van der Waals surface area contributed by atoms with E-state index in [0.29, 0.717) is 5.92 Å². The summed E-state index contributed by atoms with van der Waals surface area (Å²) in [5.41, 5.74) is 0. The summed E-state index contributed by atoms with van der Waals surface area (Å²) in [6.07, 6.45) is 8.32. The van der Waals surface area contributed by atoms with Gasteiger partial charge < -0.3 is 0 Å². The highest BCUT2D eigenvalue weighted by atomic mass is 32.2. The van der Waals surface area contributed by atoms with Crippen LogP contribution in [0, 0.1) is 5.92 Å². The van der Waals surface area contributed by atoms with Gasteiger partial charge >= 0.3 is 0 Å². The molecule has 0 bridgehead atoms. The molecule has 1 saturated carbocycles. The van der Waals surface area contributed by atoms with Crippen molar-refractivity contribution in [1.29, 1.82) is 0 Å². The highest BCUT2D eigenvalue weighted by Crippen LogP contribution is 2.24. The molecule has 2 nitrogen and oxygen atoms in total. The second kappa shape index (κ2) is 4.26. The quantitative estimate of drug-likeness (QED) is 0.655. The van der Waals surface area contributed by atoms with E-state index in [2.05, 4.69) is 4.36 Å². The fourth-order valence-electron chi connectivity index (χ4n) is 1.87. The van der Waals surface area contributed by atoms with Crippen LogP contribution in [0.5, 0.6) is 0 Å². The Hall–Kier alpha value is -0.0500. The van der Waals surface area contributed by atoms with Gasteiger partial charge in [-0.15, -0.1) is 0 Å². The van der Waals surface area contributed by atoms with Crippen molar-refractivity contribution in [2.24, 2.45) is 10.3 Å². The zero-order valence-electron chi connectivity index (χ0n) is 8.08. The molecule has 0 amide bonds. The van der Waals surface area contributed by atoms with Crippen LogP contribution < -0.4 is 0 Å². The molecule has 1 aliphatic rings. The lowest BCUT2D eigenvalue weighted by Crippen LogP contribution is -2.17. The van der Waals surface area contributed by atoms with E-state index >= 15 is 0 Å². The molecule has 0 N–H and O–H groups in total. The van der Waals surface area contributed by atoms with Crippen molar-refractivity contribution in [3.8, 4) is 0 Å². The van der Waals surface area contributed by atoms with Gasteiger partial charge in [-0.3, -0.25) is 4.21 Å². The van der Waals surface area contributed by atoms with E-state index in [9.17, 15) is 4.21 Å². The number of hydrogen-bond donors (Lipinski definition) is 0. The van der Waals surface area contributed by atoms with Crippen LogP contribution >= 0.6 is 0 Å². The van der Waals surface area contributed by atoms with Crippen LogP contribution in [0.25, 0.3) is 0 Å². The van der Waals surface area contributed by atoms with Gasteiger partial charge in [-0.2, -0.15) is 0 Å².